The second-order valence-corrected chi connectivity index (χ2v) is 9.76. The highest BCUT2D eigenvalue weighted by atomic mass is 16.1. The second-order valence-electron chi connectivity index (χ2n) is 9.76. The van der Waals surface area contributed by atoms with Crippen LogP contribution in [0.25, 0.3) is 0 Å². The Morgan fingerprint density at radius 1 is 0.962 bits per heavy atom. The molecule has 3 fully saturated rings. The molecule has 4 aliphatic carbocycles. The van der Waals surface area contributed by atoms with Gasteiger partial charge in [0.15, 0.2) is 5.78 Å². The summed E-state index contributed by atoms with van der Waals surface area (Å²) in [5.41, 5.74) is 5.02. The lowest BCUT2D eigenvalue weighted by molar-refractivity contribution is -0.116. The molecule has 0 aromatic heterocycles. The van der Waals surface area contributed by atoms with Crippen LogP contribution in [0.2, 0.25) is 0 Å². The predicted molar refractivity (Wildman–Crippen MR) is 106 cm³/mol. The molecule has 0 unspecified atom stereocenters. The van der Waals surface area contributed by atoms with E-state index >= 15 is 0 Å². The van der Waals surface area contributed by atoms with Crippen LogP contribution >= 0.6 is 0 Å². The maximum absolute atomic E-state index is 11.9. The number of aryl methyl sites for hydroxylation is 1. The summed E-state index contributed by atoms with van der Waals surface area (Å²) in [7, 11) is 0. The maximum atomic E-state index is 11.9. The Kier molecular flexibility index (Phi) is 4.10. The summed E-state index contributed by atoms with van der Waals surface area (Å²) in [6.07, 6.45) is 15.0. The largest absolute Gasteiger partial charge is 0.295 e. The molecule has 0 N–H and O–H groups in total. The zero-order valence-corrected chi connectivity index (χ0v) is 16.2. The lowest BCUT2D eigenvalue weighted by atomic mass is 9.51. The van der Waals surface area contributed by atoms with Gasteiger partial charge in [-0.15, -0.1) is 0 Å². The zero-order chi connectivity index (χ0) is 17.7. The molecule has 1 nitrogen and oxygen atoms in total. The summed E-state index contributed by atoms with van der Waals surface area (Å²) in [6.45, 7) is 2.19. The average molecular weight is 349 g/mol. The predicted octanol–water partition coefficient (Wildman–Crippen LogP) is 6.05. The van der Waals surface area contributed by atoms with Gasteiger partial charge >= 0.3 is 0 Å². The third-order valence-corrected chi connectivity index (χ3v) is 8.50. The number of fused-ring (bicyclic) bond motifs is 5. The summed E-state index contributed by atoms with van der Waals surface area (Å²) in [6, 6.07) is 9.33. The van der Waals surface area contributed by atoms with Crippen molar-refractivity contribution in [2.45, 2.75) is 71.1 Å². The van der Waals surface area contributed by atoms with Crippen LogP contribution in [-0.4, -0.2) is 5.78 Å². The molecule has 0 spiro atoms. The van der Waals surface area contributed by atoms with Crippen molar-refractivity contribution < 1.29 is 4.79 Å². The van der Waals surface area contributed by atoms with Crippen LogP contribution in [0.15, 0.2) is 35.9 Å². The molecule has 0 heterocycles. The number of allylic oxidation sites excluding steroid dienone is 1. The standard InChI is InChI=1S/C25H32O/c1-17-4-6-18(7-5-17)16-25-13-2-3-24(25)23-10-8-19-15-20(26)9-11-21(19)22(23)12-14-25/h4-7,15,21-24H,2-3,8-14,16H2,1H3/t21-,22+,23+,24-,25-/m0/s1. The van der Waals surface area contributed by atoms with Crippen LogP contribution < -0.4 is 0 Å². The van der Waals surface area contributed by atoms with Gasteiger partial charge < -0.3 is 0 Å². The zero-order valence-electron chi connectivity index (χ0n) is 16.2. The van der Waals surface area contributed by atoms with Crippen LogP contribution in [0.4, 0.5) is 0 Å². The number of hydrogen-bond donors (Lipinski definition) is 0. The number of benzene rings is 1. The van der Waals surface area contributed by atoms with Crippen LogP contribution in [0.3, 0.4) is 0 Å². The van der Waals surface area contributed by atoms with Gasteiger partial charge in [-0.3, -0.25) is 4.79 Å². The minimum atomic E-state index is 0.389. The second kappa shape index (κ2) is 6.36. The van der Waals surface area contributed by atoms with Crippen molar-refractivity contribution in [2.24, 2.45) is 29.1 Å². The third-order valence-electron chi connectivity index (χ3n) is 8.50. The van der Waals surface area contributed by atoms with E-state index in [4.69, 9.17) is 0 Å². The van der Waals surface area contributed by atoms with Gasteiger partial charge in [0, 0.05) is 6.42 Å². The first-order valence-electron chi connectivity index (χ1n) is 10.9. The van der Waals surface area contributed by atoms with Gasteiger partial charge in [0.05, 0.1) is 0 Å². The number of rotatable bonds is 2. The molecule has 0 bridgehead atoms. The molecule has 1 aromatic carbocycles. The minimum absolute atomic E-state index is 0.389. The smallest absolute Gasteiger partial charge is 0.155 e. The van der Waals surface area contributed by atoms with Crippen LogP contribution in [0, 0.1) is 36.0 Å². The lowest BCUT2D eigenvalue weighted by Gasteiger charge is -2.54. The van der Waals surface area contributed by atoms with E-state index in [0.29, 0.717) is 11.2 Å². The van der Waals surface area contributed by atoms with Crippen molar-refractivity contribution in [3.8, 4) is 0 Å². The molecule has 4 aliphatic rings. The van der Waals surface area contributed by atoms with Gasteiger partial charge in [-0.05, 0) is 99.0 Å². The summed E-state index contributed by atoms with van der Waals surface area (Å²) in [4.78, 5) is 11.9. The number of ketones is 1. The van der Waals surface area contributed by atoms with Gasteiger partial charge in [-0.2, -0.15) is 0 Å². The molecular formula is C25H32O. The SMILES string of the molecule is Cc1ccc(C[C@@]23CCC[C@H]2[C@@H]2CCC4=CC(=O)CC[C@@H]4[C@H]2CC3)cc1. The molecule has 138 valence electrons. The monoisotopic (exact) mass is 348 g/mol. The van der Waals surface area contributed by atoms with Crippen molar-refractivity contribution >= 4 is 5.78 Å². The first-order chi connectivity index (χ1) is 12.6. The molecule has 3 saturated carbocycles. The number of carbonyl (C=O) groups is 1. The fourth-order valence-electron chi connectivity index (χ4n) is 7.40. The molecule has 26 heavy (non-hydrogen) atoms. The fourth-order valence-corrected chi connectivity index (χ4v) is 7.40. The highest BCUT2D eigenvalue weighted by Gasteiger charge is 2.54. The fraction of sp³-hybridized carbons (Fsp3) is 0.640. The van der Waals surface area contributed by atoms with Gasteiger partial charge in [0.25, 0.3) is 0 Å². The van der Waals surface area contributed by atoms with Crippen molar-refractivity contribution in [3.63, 3.8) is 0 Å². The molecule has 1 aromatic rings. The number of hydrogen-bond acceptors (Lipinski definition) is 1. The summed E-state index contributed by atoms with van der Waals surface area (Å²) in [5, 5.41) is 0. The molecule has 0 radical (unpaired) electrons. The Labute approximate surface area is 158 Å². The lowest BCUT2D eigenvalue weighted by Crippen LogP contribution is -2.46. The third kappa shape index (κ3) is 2.70. The molecular weight excluding hydrogens is 316 g/mol. The van der Waals surface area contributed by atoms with E-state index in [1.54, 1.807) is 5.56 Å². The first kappa shape index (κ1) is 16.8. The van der Waals surface area contributed by atoms with E-state index in [1.807, 2.05) is 6.08 Å². The van der Waals surface area contributed by atoms with Crippen molar-refractivity contribution in [1.82, 2.24) is 0 Å². The van der Waals surface area contributed by atoms with Crippen LogP contribution in [0.5, 0.6) is 0 Å². The highest BCUT2D eigenvalue weighted by molar-refractivity contribution is 5.91. The van der Waals surface area contributed by atoms with Gasteiger partial charge in [-0.25, -0.2) is 0 Å². The van der Waals surface area contributed by atoms with E-state index < -0.39 is 0 Å². The highest BCUT2D eigenvalue weighted by Crippen LogP contribution is 2.62. The van der Waals surface area contributed by atoms with Crippen LogP contribution in [0.1, 0.15) is 68.9 Å². The Bertz CT molecular complexity index is 727. The molecule has 0 aliphatic heterocycles. The Morgan fingerprint density at radius 2 is 1.81 bits per heavy atom. The molecule has 0 amide bonds. The van der Waals surface area contributed by atoms with Crippen molar-refractivity contribution in [2.75, 3.05) is 0 Å². The first-order valence-corrected chi connectivity index (χ1v) is 10.9. The van der Waals surface area contributed by atoms with Crippen LogP contribution in [-0.2, 0) is 11.2 Å². The minimum Gasteiger partial charge on any atom is -0.295 e. The Morgan fingerprint density at radius 3 is 2.65 bits per heavy atom. The Hall–Kier alpha value is -1.37. The van der Waals surface area contributed by atoms with Gasteiger partial charge in [-0.1, -0.05) is 41.8 Å². The van der Waals surface area contributed by atoms with Crippen molar-refractivity contribution in [1.29, 1.82) is 0 Å². The molecule has 0 saturated heterocycles. The normalized spacial score (nSPS) is 39.0. The maximum Gasteiger partial charge on any atom is 0.155 e. The van der Waals surface area contributed by atoms with E-state index in [2.05, 4.69) is 31.2 Å². The topological polar surface area (TPSA) is 17.1 Å². The summed E-state index contributed by atoms with van der Waals surface area (Å²) < 4.78 is 0. The summed E-state index contributed by atoms with van der Waals surface area (Å²) >= 11 is 0. The quantitative estimate of drug-likeness (QED) is 0.636. The van der Waals surface area contributed by atoms with Gasteiger partial charge in [0.2, 0.25) is 0 Å². The molecule has 5 rings (SSSR count). The molecule has 5 atom stereocenters. The van der Waals surface area contributed by atoms with E-state index in [1.165, 1.54) is 62.5 Å². The van der Waals surface area contributed by atoms with E-state index in [-0.39, 0.29) is 0 Å². The number of carbonyl (C=O) groups excluding carboxylic acids is 1. The van der Waals surface area contributed by atoms with E-state index in [9.17, 15) is 4.79 Å². The Balaban J connectivity index is 1.40. The van der Waals surface area contributed by atoms with Crippen molar-refractivity contribution in [3.05, 3.63) is 47.0 Å². The molecule has 1 heteroatoms. The van der Waals surface area contributed by atoms with Gasteiger partial charge in [0.1, 0.15) is 0 Å². The average Bonchev–Trinajstić information content (AvgIpc) is 3.07. The summed E-state index contributed by atoms with van der Waals surface area (Å²) in [5.74, 6) is 3.86. The van der Waals surface area contributed by atoms with E-state index in [0.717, 1.165) is 36.5 Å².